The number of ether oxygens (including phenoxy) is 1. The zero-order valence-electron chi connectivity index (χ0n) is 10.6. The van der Waals surface area contributed by atoms with Crippen molar-refractivity contribution >= 4 is 11.6 Å². The summed E-state index contributed by atoms with van der Waals surface area (Å²) in [5.74, 6) is 0.221. The Bertz CT molecular complexity index is 346. The molecule has 0 amide bonds. The molecule has 0 fully saturated rings. The summed E-state index contributed by atoms with van der Waals surface area (Å²) in [5.41, 5.74) is 0.507. The Morgan fingerprint density at radius 3 is 2.71 bits per heavy atom. The fourth-order valence-electron chi connectivity index (χ4n) is 1.65. The average molecular weight is 258 g/mol. The van der Waals surface area contributed by atoms with Crippen molar-refractivity contribution in [3.63, 3.8) is 0 Å². The van der Waals surface area contributed by atoms with Gasteiger partial charge in [0.1, 0.15) is 5.75 Å². The van der Waals surface area contributed by atoms with Gasteiger partial charge in [0.2, 0.25) is 0 Å². The maximum Gasteiger partial charge on any atom is 0.121 e. The predicted molar refractivity (Wildman–Crippen MR) is 70.5 cm³/mol. The summed E-state index contributed by atoms with van der Waals surface area (Å²) in [6.07, 6.45) is 0. The summed E-state index contributed by atoms with van der Waals surface area (Å²) in [6.45, 7) is 7.94. The summed E-state index contributed by atoms with van der Waals surface area (Å²) in [7, 11) is 0. The summed E-state index contributed by atoms with van der Waals surface area (Å²) in [5, 5.41) is 13.5. The first kappa shape index (κ1) is 14.3. The lowest BCUT2D eigenvalue weighted by molar-refractivity contribution is -0.00900. The Morgan fingerprint density at radius 1 is 1.41 bits per heavy atom. The Labute approximate surface area is 108 Å². The van der Waals surface area contributed by atoms with Gasteiger partial charge in [-0.25, -0.2) is 0 Å². The molecule has 96 valence electrons. The van der Waals surface area contributed by atoms with Gasteiger partial charge in [0.25, 0.3) is 0 Å². The lowest BCUT2D eigenvalue weighted by Crippen LogP contribution is -2.37. The minimum absolute atomic E-state index is 0.217. The van der Waals surface area contributed by atoms with Gasteiger partial charge in [0.15, 0.2) is 0 Å². The largest absolute Gasteiger partial charge is 0.508 e. The van der Waals surface area contributed by atoms with E-state index < -0.39 is 0 Å². The molecule has 0 aliphatic heterocycles. The average Bonchev–Trinajstić information content (AvgIpc) is 2.22. The van der Waals surface area contributed by atoms with E-state index in [0.717, 1.165) is 5.56 Å². The van der Waals surface area contributed by atoms with Crippen molar-refractivity contribution in [2.45, 2.75) is 32.9 Å². The van der Waals surface area contributed by atoms with Crippen molar-refractivity contribution in [3.05, 3.63) is 28.8 Å². The van der Waals surface area contributed by atoms with Crippen molar-refractivity contribution in [2.75, 3.05) is 13.2 Å². The maximum atomic E-state index is 9.67. The van der Waals surface area contributed by atoms with E-state index in [9.17, 15) is 5.11 Å². The van der Waals surface area contributed by atoms with E-state index in [1.54, 1.807) is 18.2 Å². The number of phenols is 1. The predicted octanol–water partition coefficient (Wildman–Crippen LogP) is 2.95. The SMILES string of the molecule is CCOC(C)(C)CNCc1c(O)cccc1Cl. The van der Waals surface area contributed by atoms with Gasteiger partial charge >= 0.3 is 0 Å². The van der Waals surface area contributed by atoms with E-state index in [1.165, 1.54) is 0 Å². The van der Waals surface area contributed by atoms with Gasteiger partial charge in [-0.3, -0.25) is 0 Å². The van der Waals surface area contributed by atoms with Crippen LogP contribution in [-0.4, -0.2) is 23.9 Å². The zero-order chi connectivity index (χ0) is 12.9. The molecular weight excluding hydrogens is 238 g/mol. The number of nitrogens with one attached hydrogen (secondary N) is 1. The van der Waals surface area contributed by atoms with Crippen LogP contribution in [0.25, 0.3) is 0 Å². The third-order valence-corrected chi connectivity index (χ3v) is 2.84. The molecule has 0 saturated carbocycles. The normalized spacial score (nSPS) is 11.8. The molecule has 1 rings (SSSR count). The fourth-order valence-corrected chi connectivity index (χ4v) is 1.89. The second-order valence-electron chi connectivity index (χ2n) is 4.53. The molecular formula is C13H20ClNO2. The maximum absolute atomic E-state index is 9.67. The van der Waals surface area contributed by atoms with Crippen molar-refractivity contribution in [1.29, 1.82) is 0 Å². The van der Waals surface area contributed by atoms with E-state index in [1.807, 2.05) is 20.8 Å². The molecule has 0 aromatic heterocycles. The van der Waals surface area contributed by atoms with Gasteiger partial charge in [0.05, 0.1) is 5.60 Å². The molecule has 0 heterocycles. The van der Waals surface area contributed by atoms with Gasteiger partial charge < -0.3 is 15.2 Å². The molecule has 0 radical (unpaired) electrons. The summed E-state index contributed by atoms with van der Waals surface area (Å²) in [4.78, 5) is 0. The van der Waals surface area contributed by atoms with E-state index in [2.05, 4.69) is 5.32 Å². The number of hydrogen-bond donors (Lipinski definition) is 2. The molecule has 1 aromatic carbocycles. The molecule has 17 heavy (non-hydrogen) atoms. The quantitative estimate of drug-likeness (QED) is 0.823. The van der Waals surface area contributed by atoms with Crippen LogP contribution >= 0.6 is 11.6 Å². The minimum Gasteiger partial charge on any atom is -0.508 e. The van der Waals surface area contributed by atoms with Crippen molar-refractivity contribution in [2.24, 2.45) is 0 Å². The third kappa shape index (κ3) is 4.54. The lowest BCUT2D eigenvalue weighted by Gasteiger charge is -2.25. The van der Waals surface area contributed by atoms with E-state index >= 15 is 0 Å². The van der Waals surface area contributed by atoms with Crippen LogP contribution in [-0.2, 0) is 11.3 Å². The van der Waals surface area contributed by atoms with Crippen molar-refractivity contribution in [1.82, 2.24) is 5.32 Å². The van der Waals surface area contributed by atoms with Gasteiger partial charge in [0, 0.05) is 30.3 Å². The Kier molecular flexibility index (Phi) is 5.25. The second-order valence-corrected chi connectivity index (χ2v) is 4.94. The van der Waals surface area contributed by atoms with Gasteiger partial charge in [-0.1, -0.05) is 17.7 Å². The van der Waals surface area contributed by atoms with E-state index in [0.29, 0.717) is 24.7 Å². The van der Waals surface area contributed by atoms with Crippen LogP contribution in [0.2, 0.25) is 5.02 Å². The highest BCUT2D eigenvalue weighted by Crippen LogP contribution is 2.24. The number of phenolic OH excluding ortho intramolecular Hbond substituents is 1. The Hall–Kier alpha value is -0.770. The Balaban J connectivity index is 2.51. The van der Waals surface area contributed by atoms with E-state index in [-0.39, 0.29) is 11.4 Å². The number of halogens is 1. The standard InChI is InChI=1S/C13H20ClNO2/c1-4-17-13(2,3)9-15-8-10-11(14)6-5-7-12(10)16/h5-7,15-16H,4,8-9H2,1-3H3. The molecule has 0 aliphatic rings. The molecule has 4 heteroatoms. The minimum atomic E-state index is -0.217. The molecule has 3 nitrogen and oxygen atoms in total. The zero-order valence-corrected chi connectivity index (χ0v) is 11.3. The van der Waals surface area contributed by atoms with Crippen molar-refractivity contribution < 1.29 is 9.84 Å². The van der Waals surface area contributed by atoms with Crippen LogP contribution in [0.4, 0.5) is 0 Å². The van der Waals surface area contributed by atoms with Gasteiger partial charge in [-0.05, 0) is 32.9 Å². The molecule has 1 aromatic rings. The summed E-state index contributed by atoms with van der Waals surface area (Å²) >= 11 is 6.01. The molecule has 0 bridgehead atoms. The molecule has 0 atom stereocenters. The van der Waals surface area contributed by atoms with Crippen LogP contribution in [0.15, 0.2) is 18.2 Å². The smallest absolute Gasteiger partial charge is 0.121 e. The van der Waals surface area contributed by atoms with Gasteiger partial charge in [-0.2, -0.15) is 0 Å². The molecule has 0 unspecified atom stereocenters. The molecule has 0 aliphatic carbocycles. The molecule has 0 spiro atoms. The topological polar surface area (TPSA) is 41.5 Å². The summed E-state index contributed by atoms with van der Waals surface area (Å²) < 4.78 is 5.57. The first-order valence-electron chi connectivity index (χ1n) is 5.77. The van der Waals surface area contributed by atoms with Gasteiger partial charge in [-0.15, -0.1) is 0 Å². The second kappa shape index (κ2) is 6.24. The monoisotopic (exact) mass is 257 g/mol. The van der Waals surface area contributed by atoms with Crippen LogP contribution in [0, 0.1) is 0 Å². The third-order valence-electron chi connectivity index (χ3n) is 2.48. The lowest BCUT2D eigenvalue weighted by atomic mass is 10.1. The van der Waals surface area contributed by atoms with Crippen LogP contribution < -0.4 is 5.32 Å². The fraction of sp³-hybridized carbons (Fsp3) is 0.538. The van der Waals surface area contributed by atoms with Crippen LogP contribution in [0.1, 0.15) is 26.3 Å². The number of benzene rings is 1. The first-order valence-corrected chi connectivity index (χ1v) is 6.15. The number of rotatable bonds is 6. The van der Waals surface area contributed by atoms with Crippen LogP contribution in [0.3, 0.4) is 0 Å². The highest BCUT2D eigenvalue weighted by atomic mass is 35.5. The van der Waals surface area contributed by atoms with E-state index in [4.69, 9.17) is 16.3 Å². The molecule has 0 saturated heterocycles. The van der Waals surface area contributed by atoms with Crippen molar-refractivity contribution in [3.8, 4) is 5.75 Å². The Morgan fingerprint density at radius 2 is 2.12 bits per heavy atom. The first-order chi connectivity index (χ1) is 7.96. The molecule has 2 N–H and O–H groups in total. The number of aromatic hydroxyl groups is 1. The number of hydrogen-bond acceptors (Lipinski definition) is 3. The van der Waals surface area contributed by atoms with Crippen LogP contribution in [0.5, 0.6) is 5.75 Å². The highest BCUT2D eigenvalue weighted by molar-refractivity contribution is 6.31. The summed E-state index contributed by atoms with van der Waals surface area (Å²) in [6, 6.07) is 5.13. The highest BCUT2D eigenvalue weighted by Gasteiger charge is 2.17.